The number of nitrogens with two attached hydrogens (primary N) is 1. The fraction of sp³-hybridized carbons (Fsp3) is 0.357. The quantitative estimate of drug-likeness (QED) is 0.880. The Labute approximate surface area is 107 Å². The number of ether oxygens (including phenoxy) is 1. The maximum Gasteiger partial charge on any atom is 0.130 e. The van der Waals surface area contributed by atoms with E-state index in [1.54, 1.807) is 0 Å². The third-order valence-electron chi connectivity index (χ3n) is 2.85. The average Bonchev–Trinajstić information content (AvgIpc) is 2.85. The van der Waals surface area contributed by atoms with Crippen LogP contribution in [0.25, 0.3) is 0 Å². The summed E-state index contributed by atoms with van der Waals surface area (Å²) in [7, 11) is 0. The fourth-order valence-corrected chi connectivity index (χ4v) is 1.79. The monoisotopic (exact) mass is 245 g/mol. The highest BCUT2D eigenvalue weighted by atomic mass is 16.5. The Morgan fingerprint density at radius 3 is 2.61 bits per heavy atom. The van der Waals surface area contributed by atoms with E-state index >= 15 is 0 Å². The van der Waals surface area contributed by atoms with Gasteiger partial charge < -0.3 is 15.0 Å². The van der Waals surface area contributed by atoms with Crippen LogP contribution in [0.2, 0.25) is 0 Å². The third-order valence-corrected chi connectivity index (χ3v) is 2.85. The van der Waals surface area contributed by atoms with E-state index in [2.05, 4.69) is 23.4 Å². The Morgan fingerprint density at radius 1 is 1.28 bits per heavy atom. The molecule has 2 N–H and O–H groups in total. The van der Waals surface area contributed by atoms with Crippen molar-refractivity contribution >= 4 is 0 Å². The van der Waals surface area contributed by atoms with Crippen molar-refractivity contribution in [1.29, 1.82) is 0 Å². The van der Waals surface area contributed by atoms with Gasteiger partial charge in [0, 0.05) is 12.6 Å². The van der Waals surface area contributed by atoms with Gasteiger partial charge in [0.25, 0.3) is 0 Å². The van der Waals surface area contributed by atoms with Crippen LogP contribution in [0.15, 0.2) is 36.8 Å². The molecule has 2 aromatic rings. The number of nitrogens with zero attached hydrogens (tertiary/aromatic N) is 2. The number of imidazole rings is 1. The highest BCUT2D eigenvalue weighted by molar-refractivity contribution is 5.27. The summed E-state index contributed by atoms with van der Waals surface area (Å²) < 4.78 is 7.84. The highest BCUT2D eigenvalue weighted by Gasteiger charge is 2.05. The number of hydrogen-bond acceptors (Lipinski definition) is 3. The van der Waals surface area contributed by atoms with Gasteiger partial charge in [0.15, 0.2) is 0 Å². The van der Waals surface area contributed by atoms with E-state index in [4.69, 9.17) is 10.5 Å². The fourth-order valence-electron chi connectivity index (χ4n) is 1.79. The topological polar surface area (TPSA) is 53.1 Å². The van der Waals surface area contributed by atoms with Gasteiger partial charge >= 0.3 is 0 Å². The second-order valence-electron chi connectivity index (χ2n) is 4.52. The number of rotatable bonds is 5. The van der Waals surface area contributed by atoms with Gasteiger partial charge in [-0.3, -0.25) is 0 Å². The molecule has 0 saturated heterocycles. The predicted molar refractivity (Wildman–Crippen MR) is 71.3 cm³/mol. The molecule has 0 amide bonds. The molecular formula is C14H19N3O. The van der Waals surface area contributed by atoms with E-state index in [0.717, 1.165) is 17.0 Å². The Bertz CT molecular complexity index is 488. The summed E-state index contributed by atoms with van der Waals surface area (Å²) in [6.45, 7) is 5.34. The summed E-state index contributed by atoms with van der Waals surface area (Å²) in [5, 5.41) is 0. The van der Waals surface area contributed by atoms with Crippen LogP contribution >= 0.6 is 0 Å². The molecule has 1 aromatic heterocycles. The van der Waals surface area contributed by atoms with Crippen LogP contribution in [0.1, 0.15) is 31.1 Å². The van der Waals surface area contributed by atoms with Crippen molar-refractivity contribution in [2.45, 2.75) is 33.0 Å². The first kappa shape index (κ1) is 12.6. The first-order valence-electron chi connectivity index (χ1n) is 6.13. The van der Waals surface area contributed by atoms with Gasteiger partial charge in [0.05, 0.1) is 18.2 Å². The molecule has 0 atom stereocenters. The second kappa shape index (κ2) is 5.69. The standard InChI is InChI=1S/C14H19N3O/c1-11(2)17-10-16-8-13(17)9-18-14-5-3-12(7-15)4-6-14/h3-6,8,10-11H,7,9,15H2,1-2H3. The molecule has 4 nitrogen and oxygen atoms in total. The van der Waals surface area contributed by atoms with Crippen molar-refractivity contribution in [3.05, 3.63) is 48.0 Å². The Kier molecular flexibility index (Phi) is 3.99. The van der Waals surface area contributed by atoms with Crippen LogP contribution in [-0.4, -0.2) is 9.55 Å². The number of aromatic nitrogens is 2. The minimum atomic E-state index is 0.394. The lowest BCUT2D eigenvalue weighted by Gasteiger charge is -2.12. The number of benzene rings is 1. The molecule has 0 bridgehead atoms. The maximum atomic E-state index is 5.74. The van der Waals surface area contributed by atoms with E-state index in [1.165, 1.54) is 0 Å². The van der Waals surface area contributed by atoms with Crippen molar-refractivity contribution in [1.82, 2.24) is 9.55 Å². The number of hydrogen-bond donors (Lipinski definition) is 1. The summed E-state index contributed by atoms with van der Waals surface area (Å²) in [6, 6.07) is 8.24. The molecular weight excluding hydrogens is 226 g/mol. The maximum absolute atomic E-state index is 5.74. The molecule has 0 unspecified atom stereocenters. The molecule has 2 rings (SSSR count). The largest absolute Gasteiger partial charge is 0.487 e. The van der Waals surface area contributed by atoms with Gasteiger partial charge in [0.2, 0.25) is 0 Å². The van der Waals surface area contributed by atoms with Crippen molar-refractivity contribution in [3.8, 4) is 5.75 Å². The zero-order valence-corrected chi connectivity index (χ0v) is 10.8. The van der Waals surface area contributed by atoms with Crippen LogP contribution in [0, 0.1) is 0 Å². The van der Waals surface area contributed by atoms with E-state index in [-0.39, 0.29) is 0 Å². The molecule has 0 aliphatic rings. The van der Waals surface area contributed by atoms with Crippen molar-refractivity contribution in [3.63, 3.8) is 0 Å². The first-order chi connectivity index (χ1) is 8.70. The second-order valence-corrected chi connectivity index (χ2v) is 4.52. The van der Waals surface area contributed by atoms with Crippen LogP contribution in [0.5, 0.6) is 5.75 Å². The van der Waals surface area contributed by atoms with E-state index < -0.39 is 0 Å². The van der Waals surface area contributed by atoms with Crippen LogP contribution < -0.4 is 10.5 Å². The molecule has 4 heteroatoms. The zero-order chi connectivity index (χ0) is 13.0. The lowest BCUT2D eigenvalue weighted by atomic mass is 10.2. The Morgan fingerprint density at radius 2 is 2.00 bits per heavy atom. The zero-order valence-electron chi connectivity index (χ0n) is 10.8. The Hall–Kier alpha value is -1.81. The SMILES string of the molecule is CC(C)n1cncc1COc1ccc(CN)cc1. The summed E-state index contributed by atoms with van der Waals surface area (Å²) in [4.78, 5) is 4.15. The van der Waals surface area contributed by atoms with Crippen molar-refractivity contribution in [2.75, 3.05) is 0 Å². The Balaban J connectivity index is 2.00. The van der Waals surface area contributed by atoms with Gasteiger partial charge in [-0.15, -0.1) is 0 Å². The third kappa shape index (κ3) is 2.90. The van der Waals surface area contributed by atoms with Gasteiger partial charge in [-0.1, -0.05) is 12.1 Å². The van der Waals surface area contributed by atoms with Crippen molar-refractivity contribution in [2.24, 2.45) is 5.73 Å². The molecule has 0 aliphatic heterocycles. The molecule has 0 spiro atoms. The van der Waals surface area contributed by atoms with Gasteiger partial charge in [-0.05, 0) is 31.5 Å². The summed E-state index contributed by atoms with van der Waals surface area (Å²) >= 11 is 0. The lowest BCUT2D eigenvalue weighted by Crippen LogP contribution is -2.07. The van der Waals surface area contributed by atoms with Crippen molar-refractivity contribution < 1.29 is 4.74 Å². The van der Waals surface area contributed by atoms with E-state index in [0.29, 0.717) is 19.2 Å². The first-order valence-corrected chi connectivity index (χ1v) is 6.13. The average molecular weight is 245 g/mol. The summed E-state index contributed by atoms with van der Waals surface area (Å²) in [6.07, 6.45) is 3.68. The normalized spacial score (nSPS) is 10.9. The van der Waals surface area contributed by atoms with Gasteiger partial charge in [-0.25, -0.2) is 4.98 Å². The van der Waals surface area contributed by atoms with Gasteiger partial charge in [-0.2, -0.15) is 0 Å². The molecule has 1 heterocycles. The predicted octanol–water partition coefficient (Wildman–Crippen LogP) is 2.50. The minimum absolute atomic E-state index is 0.394. The molecule has 0 fully saturated rings. The van der Waals surface area contributed by atoms with Crippen LogP contribution in [-0.2, 0) is 13.2 Å². The molecule has 18 heavy (non-hydrogen) atoms. The molecule has 96 valence electrons. The van der Waals surface area contributed by atoms with Crippen LogP contribution in [0.4, 0.5) is 0 Å². The van der Waals surface area contributed by atoms with E-state index in [9.17, 15) is 0 Å². The molecule has 1 aromatic carbocycles. The summed E-state index contributed by atoms with van der Waals surface area (Å²) in [5.41, 5.74) is 7.73. The molecule has 0 radical (unpaired) electrons. The van der Waals surface area contributed by atoms with E-state index in [1.807, 2.05) is 36.8 Å². The summed E-state index contributed by atoms with van der Waals surface area (Å²) in [5.74, 6) is 0.851. The molecule has 0 aliphatic carbocycles. The smallest absolute Gasteiger partial charge is 0.130 e. The lowest BCUT2D eigenvalue weighted by molar-refractivity contribution is 0.292. The minimum Gasteiger partial charge on any atom is -0.487 e. The molecule has 0 saturated carbocycles. The van der Waals surface area contributed by atoms with Crippen LogP contribution in [0.3, 0.4) is 0 Å². The van der Waals surface area contributed by atoms with Gasteiger partial charge in [0.1, 0.15) is 12.4 Å². The highest BCUT2D eigenvalue weighted by Crippen LogP contribution is 2.15.